The number of amides is 1. The number of carbonyl (C=O) groups excluding carboxylic acids is 1. The number of aromatic nitrogens is 2. The maximum absolute atomic E-state index is 13.6. The summed E-state index contributed by atoms with van der Waals surface area (Å²) >= 11 is 2.48. The van der Waals surface area contributed by atoms with Crippen molar-refractivity contribution in [2.24, 2.45) is 0 Å². The summed E-state index contributed by atoms with van der Waals surface area (Å²) in [6.45, 7) is 2.01. The average molecular weight is 426 g/mol. The van der Waals surface area contributed by atoms with Crippen molar-refractivity contribution >= 4 is 44.9 Å². The quantitative estimate of drug-likeness (QED) is 0.355. The molecule has 0 aliphatic carbocycles. The van der Waals surface area contributed by atoms with E-state index in [1.54, 1.807) is 12.1 Å². The largest absolute Gasteiger partial charge is 0.323 e. The Bertz CT molecular complexity index is 1250. The number of nitrogens with one attached hydrogen (secondary N) is 2. The average Bonchev–Trinajstić information content (AvgIpc) is 3.13. The minimum atomic E-state index is -0.499. The van der Waals surface area contributed by atoms with Crippen LogP contribution in [0.3, 0.4) is 0 Å². The molecule has 4 rings (SSSR count). The summed E-state index contributed by atoms with van der Waals surface area (Å²) in [6, 6.07) is 13.9. The van der Waals surface area contributed by atoms with Crippen LogP contribution in [0, 0.1) is 12.7 Å². The summed E-state index contributed by atoms with van der Waals surface area (Å²) in [6.07, 6.45) is 0. The number of hydrogen-bond donors (Lipinski definition) is 2. The SMILES string of the molecule is Cc1ccc(-c2csc3nc(SCC(=O)Nc4ccccc4F)[nH]c(=O)c23)cc1. The molecule has 0 aliphatic rings. The van der Waals surface area contributed by atoms with Gasteiger partial charge in [0, 0.05) is 10.9 Å². The summed E-state index contributed by atoms with van der Waals surface area (Å²) < 4.78 is 13.6. The Morgan fingerprint density at radius 2 is 1.97 bits per heavy atom. The smallest absolute Gasteiger partial charge is 0.260 e. The molecule has 5 nitrogen and oxygen atoms in total. The third kappa shape index (κ3) is 4.23. The molecule has 4 aromatic rings. The van der Waals surface area contributed by atoms with E-state index in [1.807, 2.05) is 36.6 Å². The van der Waals surface area contributed by atoms with Crippen LogP contribution < -0.4 is 10.9 Å². The number of rotatable bonds is 5. The molecule has 2 aromatic carbocycles. The van der Waals surface area contributed by atoms with E-state index in [1.165, 1.54) is 23.5 Å². The molecule has 2 N–H and O–H groups in total. The molecule has 2 heterocycles. The van der Waals surface area contributed by atoms with Gasteiger partial charge in [0.05, 0.1) is 16.8 Å². The molecule has 0 saturated carbocycles. The van der Waals surface area contributed by atoms with Crippen LogP contribution >= 0.6 is 23.1 Å². The monoisotopic (exact) mass is 425 g/mol. The molecule has 0 saturated heterocycles. The number of thiophene rings is 1. The molecule has 0 aliphatic heterocycles. The van der Waals surface area contributed by atoms with Crippen molar-refractivity contribution in [3.8, 4) is 11.1 Å². The maximum atomic E-state index is 13.6. The van der Waals surface area contributed by atoms with E-state index < -0.39 is 5.82 Å². The Hall–Kier alpha value is -2.97. The summed E-state index contributed by atoms with van der Waals surface area (Å²) in [4.78, 5) is 32.6. The van der Waals surface area contributed by atoms with Gasteiger partial charge in [0.1, 0.15) is 10.6 Å². The highest BCUT2D eigenvalue weighted by atomic mass is 32.2. The summed E-state index contributed by atoms with van der Waals surface area (Å²) in [5.74, 6) is -0.880. The Balaban J connectivity index is 1.52. The van der Waals surface area contributed by atoms with Gasteiger partial charge in [-0.15, -0.1) is 11.3 Å². The minimum absolute atomic E-state index is 0.00102. The molecule has 1 amide bonds. The van der Waals surface area contributed by atoms with E-state index in [4.69, 9.17) is 0 Å². The van der Waals surface area contributed by atoms with Gasteiger partial charge in [0.2, 0.25) is 5.91 Å². The van der Waals surface area contributed by atoms with E-state index in [0.717, 1.165) is 28.5 Å². The second-order valence-electron chi connectivity index (χ2n) is 6.38. The number of hydrogen-bond acceptors (Lipinski definition) is 5. The van der Waals surface area contributed by atoms with Gasteiger partial charge < -0.3 is 10.3 Å². The number of anilines is 1. The number of benzene rings is 2. The molecule has 0 fully saturated rings. The molecular formula is C21H16FN3O2S2. The van der Waals surface area contributed by atoms with Crippen LogP contribution in [0.4, 0.5) is 10.1 Å². The topological polar surface area (TPSA) is 74.8 Å². The maximum Gasteiger partial charge on any atom is 0.260 e. The van der Waals surface area contributed by atoms with Gasteiger partial charge in [-0.1, -0.05) is 53.7 Å². The van der Waals surface area contributed by atoms with Crippen molar-refractivity contribution in [3.05, 3.63) is 75.6 Å². The molecule has 0 spiro atoms. The molecular weight excluding hydrogens is 409 g/mol. The van der Waals surface area contributed by atoms with Crippen molar-refractivity contribution < 1.29 is 9.18 Å². The second-order valence-corrected chi connectivity index (χ2v) is 8.21. The van der Waals surface area contributed by atoms with Crippen molar-refractivity contribution in [3.63, 3.8) is 0 Å². The molecule has 0 unspecified atom stereocenters. The first kappa shape index (κ1) is 19.4. The van der Waals surface area contributed by atoms with E-state index in [-0.39, 0.29) is 22.9 Å². The highest BCUT2D eigenvalue weighted by molar-refractivity contribution is 7.99. The fourth-order valence-electron chi connectivity index (χ4n) is 2.83. The van der Waals surface area contributed by atoms with Gasteiger partial charge in [-0.25, -0.2) is 9.37 Å². The lowest BCUT2D eigenvalue weighted by Gasteiger charge is -2.06. The van der Waals surface area contributed by atoms with E-state index in [9.17, 15) is 14.0 Å². The number of H-pyrrole nitrogens is 1. The predicted octanol–water partition coefficient (Wildman–Crippen LogP) is 4.83. The van der Waals surface area contributed by atoms with Crippen LogP contribution in [0.15, 0.2) is 63.9 Å². The zero-order valence-electron chi connectivity index (χ0n) is 15.4. The van der Waals surface area contributed by atoms with Gasteiger partial charge in [-0.2, -0.15) is 0 Å². The van der Waals surface area contributed by atoms with Crippen LogP contribution in [-0.2, 0) is 4.79 Å². The molecule has 0 atom stereocenters. The zero-order valence-corrected chi connectivity index (χ0v) is 17.0. The van der Waals surface area contributed by atoms with Gasteiger partial charge in [-0.3, -0.25) is 9.59 Å². The van der Waals surface area contributed by atoms with Gasteiger partial charge in [-0.05, 0) is 24.6 Å². The van der Waals surface area contributed by atoms with Crippen molar-refractivity contribution in [1.82, 2.24) is 9.97 Å². The second kappa shape index (κ2) is 8.18. The van der Waals surface area contributed by atoms with Crippen LogP contribution in [0.5, 0.6) is 0 Å². The van der Waals surface area contributed by atoms with E-state index in [2.05, 4.69) is 15.3 Å². The number of aryl methyl sites for hydroxylation is 1. The molecule has 29 heavy (non-hydrogen) atoms. The van der Waals surface area contributed by atoms with E-state index >= 15 is 0 Å². The zero-order chi connectivity index (χ0) is 20.4. The number of thioether (sulfide) groups is 1. The Labute approximate surface area is 174 Å². The van der Waals surface area contributed by atoms with Gasteiger partial charge >= 0.3 is 0 Å². The molecule has 0 bridgehead atoms. The first-order valence-electron chi connectivity index (χ1n) is 8.77. The van der Waals surface area contributed by atoms with Crippen LogP contribution in [0.1, 0.15) is 5.56 Å². The molecule has 8 heteroatoms. The normalized spacial score (nSPS) is 11.0. The van der Waals surface area contributed by atoms with Crippen LogP contribution in [0.2, 0.25) is 0 Å². The Kier molecular flexibility index (Phi) is 5.46. The fraction of sp³-hybridized carbons (Fsp3) is 0.0952. The molecule has 146 valence electrons. The van der Waals surface area contributed by atoms with Crippen molar-refractivity contribution in [1.29, 1.82) is 0 Å². The van der Waals surface area contributed by atoms with E-state index in [0.29, 0.717) is 15.4 Å². The summed E-state index contributed by atoms with van der Waals surface area (Å²) in [5.41, 5.74) is 2.82. The lowest BCUT2D eigenvalue weighted by Crippen LogP contribution is -2.16. The summed E-state index contributed by atoms with van der Waals surface area (Å²) in [5, 5.41) is 5.32. The highest BCUT2D eigenvalue weighted by Crippen LogP contribution is 2.31. The predicted molar refractivity (Wildman–Crippen MR) is 116 cm³/mol. The third-order valence-electron chi connectivity index (χ3n) is 4.27. The third-order valence-corrected chi connectivity index (χ3v) is 6.02. The number of nitrogens with zero attached hydrogens (tertiary/aromatic N) is 1. The van der Waals surface area contributed by atoms with Gasteiger partial charge in [0.15, 0.2) is 5.16 Å². The fourth-order valence-corrected chi connectivity index (χ4v) is 4.49. The Morgan fingerprint density at radius 1 is 1.21 bits per heavy atom. The highest BCUT2D eigenvalue weighted by Gasteiger charge is 2.14. The van der Waals surface area contributed by atoms with Crippen molar-refractivity contribution in [2.75, 3.05) is 11.1 Å². The lowest BCUT2D eigenvalue weighted by atomic mass is 10.1. The lowest BCUT2D eigenvalue weighted by molar-refractivity contribution is -0.113. The summed E-state index contributed by atoms with van der Waals surface area (Å²) in [7, 11) is 0. The molecule has 0 radical (unpaired) electrons. The Morgan fingerprint density at radius 3 is 2.72 bits per heavy atom. The van der Waals surface area contributed by atoms with Crippen LogP contribution in [-0.4, -0.2) is 21.6 Å². The first-order valence-corrected chi connectivity index (χ1v) is 10.6. The van der Waals surface area contributed by atoms with Gasteiger partial charge in [0.25, 0.3) is 5.56 Å². The molecule has 2 aromatic heterocycles. The number of fused-ring (bicyclic) bond motifs is 1. The number of halogens is 1. The minimum Gasteiger partial charge on any atom is -0.323 e. The first-order chi connectivity index (χ1) is 14.0. The number of carbonyl (C=O) groups is 1. The van der Waals surface area contributed by atoms with Crippen LogP contribution in [0.25, 0.3) is 21.3 Å². The van der Waals surface area contributed by atoms with Crippen molar-refractivity contribution in [2.45, 2.75) is 12.1 Å². The standard InChI is InChI=1S/C21H16FN3O2S2/c1-12-6-8-13(9-7-12)14-10-28-20-18(14)19(27)24-21(25-20)29-11-17(26)23-16-5-3-2-4-15(16)22/h2-10H,11H2,1H3,(H,23,26)(H,24,25,27). The number of para-hydroxylation sites is 1. The number of aromatic amines is 1.